The second-order valence-corrected chi connectivity index (χ2v) is 3.08. The highest BCUT2D eigenvalue weighted by Crippen LogP contribution is 2.16. The lowest BCUT2D eigenvalue weighted by Crippen LogP contribution is -2.01. The van der Waals surface area contributed by atoms with Crippen LogP contribution in [0.2, 0.25) is 5.02 Å². The summed E-state index contributed by atoms with van der Waals surface area (Å²) in [6.45, 7) is 0. The molecule has 2 rings (SSSR count). The molecule has 0 unspecified atom stereocenters. The summed E-state index contributed by atoms with van der Waals surface area (Å²) in [5.74, 6) is -1.83. The van der Waals surface area contributed by atoms with E-state index in [1.165, 1.54) is 6.20 Å². The van der Waals surface area contributed by atoms with E-state index in [2.05, 4.69) is 4.98 Å². The van der Waals surface area contributed by atoms with E-state index in [0.29, 0.717) is 0 Å². The van der Waals surface area contributed by atoms with Crippen molar-refractivity contribution < 1.29 is 14.3 Å². The molecular weight excluding hydrogens is 211 g/mol. The van der Waals surface area contributed by atoms with Crippen LogP contribution in [0.3, 0.4) is 0 Å². The van der Waals surface area contributed by atoms with Crippen molar-refractivity contribution in [3.8, 4) is 0 Å². The van der Waals surface area contributed by atoms with Gasteiger partial charge in [0, 0.05) is 6.20 Å². The Balaban J connectivity index is 2.85. The fourth-order valence-electron chi connectivity index (χ4n) is 1.17. The number of halogens is 2. The quantitative estimate of drug-likeness (QED) is 0.788. The minimum atomic E-state index is -1.18. The molecule has 0 saturated heterocycles. The Hall–Kier alpha value is -1.62. The number of nitrogens with zero attached hydrogens (tertiary/aromatic N) is 2. The molecule has 0 atom stereocenters. The van der Waals surface area contributed by atoms with Gasteiger partial charge in [0.25, 0.3) is 0 Å². The molecule has 0 aliphatic carbocycles. The number of aromatic carboxylic acids is 1. The Morgan fingerprint density at radius 3 is 3.00 bits per heavy atom. The first-order valence-corrected chi connectivity index (χ1v) is 4.03. The summed E-state index contributed by atoms with van der Waals surface area (Å²) in [5, 5.41) is 8.85. The van der Waals surface area contributed by atoms with E-state index in [4.69, 9.17) is 16.7 Å². The van der Waals surface area contributed by atoms with Crippen molar-refractivity contribution in [3.63, 3.8) is 0 Å². The van der Waals surface area contributed by atoms with Crippen LogP contribution in [-0.2, 0) is 0 Å². The summed E-state index contributed by atoms with van der Waals surface area (Å²) in [7, 11) is 0. The Kier molecular flexibility index (Phi) is 1.89. The molecule has 0 amide bonds. The van der Waals surface area contributed by atoms with E-state index in [1.807, 2.05) is 0 Å². The van der Waals surface area contributed by atoms with Crippen molar-refractivity contribution in [1.29, 1.82) is 0 Å². The van der Waals surface area contributed by atoms with E-state index in [-0.39, 0.29) is 16.4 Å². The van der Waals surface area contributed by atoms with Crippen LogP contribution < -0.4 is 0 Å². The van der Waals surface area contributed by atoms with Gasteiger partial charge in [-0.05, 0) is 6.07 Å². The topological polar surface area (TPSA) is 54.6 Å². The molecule has 0 aromatic carbocycles. The molecule has 6 heteroatoms. The summed E-state index contributed by atoms with van der Waals surface area (Å²) in [5.41, 5.74) is -0.173. The van der Waals surface area contributed by atoms with Gasteiger partial charge >= 0.3 is 5.97 Å². The molecule has 0 spiro atoms. The molecule has 0 aliphatic heterocycles. The molecule has 0 radical (unpaired) electrons. The van der Waals surface area contributed by atoms with Crippen molar-refractivity contribution in [3.05, 3.63) is 35.0 Å². The number of hydrogen-bond acceptors (Lipinski definition) is 2. The van der Waals surface area contributed by atoms with Gasteiger partial charge in [-0.25, -0.2) is 14.2 Å². The zero-order chi connectivity index (χ0) is 10.3. The first kappa shape index (κ1) is 8.96. The molecule has 72 valence electrons. The summed E-state index contributed by atoms with van der Waals surface area (Å²) in [6.07, 6.45) is 2.38. The van der Waals surface area contributed by atoms with Crippen molar-refractivity contribution in [1.82, 2.24) is 9.38 Å². The van der Waals surface area contributed by atoms with Gasteiger partial charge in [0.1, 0.15) is 0 Å². The van der Waals surface area contributed by atoms with Crippen molar-refractivity contribution >= 4 is 23.2 Å². The zero-order valence-corrected chi connectivity index (χ0v) is 7.49. The Morgan fingerprint density at radius 2 is 2.36 bits per heavy atom. The second-order valence-electron chi connectivity index (χ2n) is 2.65. The van der Waals surface area contributed by atoms with Crippen LogP contribution in [0.4, 0.5) is 4.39 Å². The minimum absolute atomic E-state index is 0.0493. The summed E-state index contributed by atoms with van der Waals surface area (Å²) >= 11 is 5.58. The Labute approximate surface area is 82.6 Å². The summed E-state index contributed by atoms with van der Waals surface area (Å²) < 4.78 is 14.3. The molecule has 0 aliphatic rings. The monoisotopic (exact) mass is 214 g/mol. The smallest absolute Gasteiger partial charge is 0.354 e. The first-order valence-electron chi connectivity index (χ1n) is 3.65. The zero-order valence-electron chi connectivity index (χ0n) is 6.74. The third-order valence-corrected chi connectivity index (χ3v) is 1.95. The molecule has 2 aromatic rings. The molecule has 14 heavy (non-hydrogen) atoms. The van der Waals surface area contributed by atoms with Gasteiger partial charge in [0.05, 0.1) is 11.2 Å². The lowest BCUT2D eigenvalue weighted by atomic mass is 10.4. The number of carbonyl (C=O) groups is 1. The molecular formula is C8H4ClFN2O2. The molecule has 2 heterocycles. The molecule has 1 N–H and O–H groups in total. The van der Waals surface area contributed by atoms with E-state index < -0.39 is 11.8 Å². The van der Waals surface area contributed by atoms with Crippen LogP contribution in [0, 0.1) is 5.82 Å². The van der Waals surface area contributed by atoms with Gasteiger partial charge in [0.15, 0.2) is 17.2 Å². The average molecular weight is 215 g/mol. The van der Waals surface area contributed by atoms with Gasteiger partial charge in [0.2, 0.25) is 0 Å². The van der Waals surface area contributed by atoms with Crippen LogP contribution >= 0.6 is 11.6 Å². The van der Waals surface area contributed by atoms with Crippen LogP contribution in [-0.4, -0.2) is 20.5 Å². The van der Waals surface area contributed by atoms with Crippen molar-refractivity contribution in [2.75, 3.05) is 0 Å². The number of carboxylic acids is 1. The van der Waals surface area contributed by atoms with Crippen LogP contribution in [0.1, 0.15) is 10.5 Å². The highest BCUT2D eigenvalue weighted by molar-refractivity contribution is 6.30. The molecule has 4 nitrogen and oxygen atoms in total. The van der Waals surface area contributed by atoms with Crippen molar-refractivity contribution in [2.24, 2.45) is 0 Å². The summed E-state index contributed by atoms with van der Waals surface area (Å²) in [6, 6.07) is 1.08. The predicted octanol–water partition coefficient (Wildman–Crippen LogP) is 1.82. The fourth-order valence-corrected chi connectivity index (χ4v) is 1.37. The first-order chi connectivity index (χ1) is 6.59. The van der Waals surface area contributed by atoms with E-state index >= 15 is 0 Å². The van der Waals surface area contributed by atoms with Gasteiger partial charge in [-0.2, -0.15) is 0 Å². The highest BCUT2D eigenvalue weighted by Gasteiger charge is 2.13. The lowest BCUT2D eigenvalue weighted by molar-refractivity contribution is 0.0689. The number of carboxylic acid groups (broad SMARTS) is 1. The molecule has 2 aromatic heterocycles. The van der Waals surface area contributed by atoms with Gasteiger partial charge in [-0.15, -0.1) is 0 Å². The van der Waals surface area contributed by atoms with E-state index in [1.54, 1.807) is 0 Å². The maximum Gasteiger partial charge on any atom is 0.354 e. The number of imidazole rings is 1. The minimum Gasteiger partial charge on any atom is -0.477 e. The SMILES string of the molecule is O=C(O)c1cnc2c(F)cc(Cl)cn12. The predicted molar refractivity (Wildman–Crippen MR) is 47.1 cm³/mol. The van der Waals surface area contributed by atoms with Crippen LogP contribution in [0.25, 0.3) is 5.65 Å². The lowest BCUT2D eigenvalue weighted by Gasteiger charge is -1.98. The Bertz CT molecular complexity index is 523. The standard InChI is InChI=1S/C8H4ClFN2O2/c9-4-1-5(10)7-11-2-6(8(13)14)12(7)3-4/h1-3H,(H,13,14). The van der Waals surface area contributed by atoms with E-state index in [9.17, 15) is 9.18 Å². The number of pyridine rings is 1. The average Bonchev–Trinajstić information content (AvgIpc) is 2.47. The summed E-state index contributed by atoms with van der Waals surface area (Å²) in [4.78, 5) is 14.3. The molecule has 0 fully saturated rings. The number of aromatic nitrogens is 2. The Morgan fingerprint density at radius 1 is 1.64 bits per heavy atom. The number of fused-ring (bicyclic) bond motifs is 1. The second kappa shape index (κ2) is 2.95. The fraction of sp³-hybridized carbons (Fsp3) is 0. The normalized spacial score (nSPS) is 10.7. The van der Waals surface area contributed by atoms with E-state index in [0.717, 1.165) is 16.7 Å². The molecule has 0 saturated carbocycles. The maximum atomic E-state index is 13.2. The van der Waals surface area contributed by atoms with Crippen molar-refractivity contribution in [2.45, 2.75) is 0 Å². The van der Waals surface area contributed by atoms with Crippen LogP contribution in [0.5, 0.6) is 0 Å². The van der Waals surface area contributed by atoms with Gasteiger partial charge < -0.3 is 5.11 Å². The van der Waals surface area contributed by atoms with Gasteiger partial charge in [-0.1, -0.05) is 11.6 Å². The molecule has 0 bridgehead atoms. The van der Waals surface area contributed by atoms with Gasteiger partial charge in [-0.3, -0.25) is 4.40 Å². The maximum absolute atomic E-state index is 13.2. The highest BCUT2D eigenvalue weighted by atomic mass is 35.5. The third-order valence-electron chi connectivity index (χ3n) is 1.75. The van der Waals surface area contributed by atoms with Crippen LogP contribution in [0.15, 0.2) is 18.5 Å². The number of rotatable bonds is 1. The third kappa shape index (κ3) is 1.22. The number of hydrogen-bond donors (Lipinski definition) is 1. The largest absolute Gasteiger partial charge is 0.477 e.